The molecule has 0 fully saturated rings. The van der Waals surface area contributed by atoms with Gasteiger partial charge >= 0.3 is 6.18 Å². The van der Waals surface area contributed by atoms with Crippen molar-refractivity contribution in [3.05, 3.63) is 59.7 Å². The minimum Gasteiger partial charge on any atom is -0.383 e. The Morgan fingerprint density at radius 1 is 1.23 bits per heavy atom. The maximum atomic E-state index is 13.1. The van der Waals surface area contributed by atoms with Crippen LogP contribution >= 0.6 is 11.8 Å². The summed E-state index contributed by atoms with van der Waals surface area (Å²) in [5.41, 5.74) is 1.07. The Balaban J connectivity index is 1.88. The van der Waals surface area contributed by atoms with Crippen LogP contribution in [-0.4, -0.2) is 41.0 Å². The molecule has 2 aromatic carbocycles. The molecule has 0 unspecified atom stereocenters. The van der Waals surface area contributed by atoms with E-state index in [1.54, 1.807) is 7.11 Å². The summed E-state index contributed by atoms with van der Waals surface area (Å²) in [6.07, 6.45) is -4.44. The van der Waals surface area contributed by atoms with E-state index in [1.165, 1.54) is 17.8 Å². The molecule has 3 rings (SSSR count). The number of carbonyl (C=O) groups excluding carboxylic acids is 1. The van der Waals surface area contributed by atoms with Crippen molar-refractivity contribution < 1.29 is 22.7 Å². The molecule has 1 amide bonds. The number of aromatic nitrogens is 2. The Labute approximate surface area is 176 Å². The number of ether oxygens (including phenoxy) is 1. The molecule has 5 nitrogen and oxygen atoms in total. The Kier molecular flexibility index (Phi) is 7.04. The zero-order valence-electron chi connectivity index (χ0n) is 16.6. The van der Waals surface area contributed by atoms with Crippen molar-refractivity contribution in [1.29, 1.82) is 0 Å². The quantitative estimate of drug-likeness (QED) is 0.533. The van der Waals surface area contributed by atoms with Crippen molar-refractivity contribution in [3.8, 4) is 0 Å². The maximum absolute atomic E-state index is 13.1. The molecule has 160 valence electrons. The highest BCUT2D eigenvalue weighted by Crippen LogP contribution is 2.33. The SMILES string of the molecule is COC[C@@H](C)NC(=O)CSc1nc2cc(C(F)(F)F)ccc2n1Cc1ccccc1. The van der Waals surface area contributed by atoms with Crippen molar-refractivity contribution in [2.75, 3.05) is 19.5 Å². The zero-order chi connectivity index (χ0) is 21.7. The average Bonchev–Trinajstić information content (AvgIpc) is 3.03. The van der Waals surface area contributed by atoms with Gasteiger partial charge in [-0.05, 0) is 30.7 Å². The second kappa shape index (κ2) is 9.53. The number of alkyl halides is 3. The van der Waals surface area contributed by atoms with Gasteiger partial charge in [-0.3, -0.25) is 4.79 Å². The molecule has 30 heavy (non-hydrogen) atoms. The monoisotopic (exact) mass is 437 g/mol. The number of nitrogens with zero attached hydrogens (tertiary/aromatic N) is 2. The fourth-order valence-corrected chi connectivity index (χ4v) is 3.88. The average molecular weight is 437 g/mol. The van der Waals surface area contributed by atoms with Crippen molar-refractivity contribution in [2.24, 2.45) is 0 Å². The second-order valence-corrected chi connectivity index (χ2v) is 7.82. The summed E-state index contributed by atoms with van der Waals surface area (Å²) in [6.45, 7) is 2.66. The van der Waals surface area contributed by atoms with Crippen LogP contribution in [0.4, 0.5) is 13.2 Å². The van der Waals surface area contributed by atoms with Gasteiger partial charge in [0.25, 0.3) is 0 Å². The summed E-state index contributed by atoms with van der Waals surface area (Å²) in [5.74, 6) is -0.1000. The third-order valence-corrected chi connectivity index (χ3v) is 5.36. The number of methoxy groups -OCH3 is 1. The van der Waals surface area contributed by atoms with Gasteiger partial charge in [-0.1, -0.05) is 42.1 Å². The van der Waals surface area contributed by atoms with Gasteiger partial charge in [-0.25, -0.2) is 4.98 Å². The molecule has 0 aliphatic carbocycles. The fourth-order valence-electron chi connectivity index (χ4n) is 3.05. The van der Waals surface area contributed by atoms with Crippen LogP contribution in [0.2, 0.25) is 0 Å². The Bertz CT molecular complexity index is 1010. The fraction of sp³-hybridized carbons (Fsp3) is 0.333. The van der Waals surface area contributed by atoms with Crippen LogP contribution in [0, 0.1) is 0 Å². The van der Waals surface area contributed by atoms with Gasteiger partial charge in [0.15, 0.2) is 5.16 Å². The molecular weight excluding hydrogens is 415 g/mol. The number of thioether (sulfide) groups is 1. The highest BCUT2D eigenvalue weighted by molar-refractivity contribution is 7.99. The molecule has 0 bridgehead atoms. The van der Waals surface area contributed by atoms with Crippen LogP contribution in [0.5, 0.6) is 0 Å². The normalized spacial score (nSPS) is 12.8. The van der Waals surface area contributed by atoms with E-state index < -0.39 is 11.7 Å². The summed E-state index contributed by atoms with van der Waals surface area (Å²) in [4.78, 5) is 16.6. The lowest BCUT2D eigenvalue weighted by molar-refractivity contribution is -0.137. The number of amides is 1. The van der Waals surface area contributed by atoms with Gasteiger partial charge in [-0.2, -0.15) is 13.2 Å². The van der Waals surface area contributed by atoms with Crippen molar-refractivity contribution >= 4 is 28.7 Å². The van der Waals surface area contributed by atoms with Crippen LogP contribution < -0.4 is 5.32 Å². The molecule has 0 spiro atoms. The minimum atomic E-state index is -4.44. The Morgan fingerprint density at radius 2 is 1.97 bits per heavy atom. The molecular formula is C21H22F3N3O2S. The van der Waals surface area contributed by atoms with Gasteiger partial charge in [0.2, 0.25) is 5.91 Å². The van der Waals surface area contributed by atoms with E-state index in [9.17, 15) is 18.0 Å². The molecule has 3 aromatic rings. The molecule has 0 radical (unpaired) electrons. The summed E-state index contributed by atoms with van der Waals surface area (Å²) < 4.78 is 46.2. The van der Waals surface area contributed by atoms with Crippen LogP contribution in [0.3, 0.4) is 0 Å². The molecule has 1 N–H and O–H groups in total. The van der Waals surface area contributed by atoms with Crippen LogP contribution in [0.25, 0.3) is 11.0 Å². The number of halogens is 3. The number of fused-ring (bicyclic) bond motifs is 1. The summed E-state index contributed by atoms with van der Waals surface area (Å²) in [6, 6.07) is 12.9. The first-order valence-electron chi connectivity index (χ1n) is 9.30. The number of hydrogen-bond donors (Lipinski definition) is 1. The lowest BCUT2D eigenvalue weighted by atomic mass is 10.2. The van der Waals surface area contributed by atoms with Gasteiger partial charge in [0, 0.05) is 13.2 Å². The summed E-state index contributed by atoms with van der Waals surface area (Å²) in [7, 11) is 1.55. The molecule has 1 aromatic heterocycles. The van der Waals surface area contributed by atoms with Crippen molar-refractivity contribution in [2.45, 2.75) is 30.8 Å². The van der Waals surface area contributed by atoms with E-state index in [0.29, 0.717) is 23.8 Å². The van der Waals surface area contributed by atoms with E-state index >= 15 is 0 Å². The minimum absolute atomic E-state index is 0.0955. The zero-order valence-corrected chi connectivity index (χ0v) is 17.4. The smallest absolute Gasteiger partial charge is 0.383 e. The Hall–Kier alpha value is -2.52. The molecule has 1 heterocycles. The van der Waals surface area contributed by atoms with Crippen LogP contribution in [-0.2, 0) is 22.3 Å². The second-order valence-electron chi connectivity index (χ2n) is 6.88. The van der Waals surface area contributed by atoms with Gasteiger partial charge in [-0.15, -0.1) is 0 Å². The molecule has 1 atom stereocenters. The molecule has 0 aliphatic heterocycles. The third-order valence-electron chi connectivity index (χ3n) is 4.38. The predicted molar refractivity (Wildman–Crippen MR) is 110 cm³/mol. The molecule has 9 heteroatoms. The van der Waals surface area contributed by atoms with E-state index in [1.807, 2.05) is 41.8 Å². The third kappa shape index (κ3) is 5.54. The predicted octanol–water partition coefficient (Wildman–Crippen LogP) is 4.35. The van der Waals surface area contributed by atoms with Crippen LogP contribution in [0.15, 0.2) is 53.7 Å². The number of benzene rings is 2. The van der Waals surface area contributed by atoms with Crippen LogP contribution in [0.1, 0.15) is 18.1 Å². The highest BCUT2D eigenvalue weighted by Gasteiger charge is 2.31. The van der Waals surface area contributed by atoms with Gasteiger partial charge < -0.3 is 14.6 Å². The number of rotatable bonds is 8. The lowest BCUT2D eigenvalue weighted by Gasteiger charge is -2.13. The van der Waals surface area contributed by atoms with E-state index in [0.717, 1.165) is 17.7 Å². The lowest BCUT2D eigenvalue weighted by Crippen LogP contribution is -2.36. The van der Waals surface area contributed by atoms with E-state index in [4.69, 9.17) is 4.74 Å². The number of carbonyl (C=O) groups is 1. The Morgan fingerprint density at radius 3 is 2.63 bits per heavy atom. The van der Waals surface area contributed by atoms with Crippen molar-refractivity contribution in [3.63, 3.8) is 0 Å². The van der Waals surface area contributed by atoms with E-state index in [-0.39, 0.29) is 23.2 Å². The number of hydrogen-bond acceptors (Lipinski definition) is 4. The van der Waals surface area contributed by atoms with Gasteiger partial charge in [0.1, 0.15) is 0 Å². The first kappa shape index (κ1) is 22.2. The molecule has 0 saturated carbocycles. The standard InChI is InChI=1S/C21H22F3N3O2S/c1-14(12-29-2)25-19(28)13-30-20-26-17-10-16(21(22,23)24)8-9-18(17)27(20)11-15-6-4-3-5-7-15/h3-10,14H,11-13H2,1-2H3,(H,25,28)/t14-/m1/s1. The first-order valence-corrected chi connectivity index (χ1v) is 10.3. The summed E-state index contributed by atoms with van der Waals surface area (Å²) in [5, 5.41) is 3.30. The van der Waals surface area contributed by atoms with E-state index in [2.05, 4.69) is 10.3 Å². The molecule has 0 saturated heterocycles. The first-order chi connectivity index (χ1) is 14.3. The van der Waals surface area contributed by atoms with Crippen molar-refractivity contribution in [1.82, 2.24) is 14.9 Å². The van der Waals surface area contributed by atoms with Gasteiger partial charge in [0.05, 0.1) is 35.5 Å². The number of nitrogens with one attached hydrogen (secondary N) is 1. The molecule has 0 aliphatic rings. The largest absolute Gasteiger partial charge is 0.416 e. The number of imidazole rings is 1. The maximum Gasteiger partial charge on any atom is 0.416 e. The highest BCUT2D eigenvalue weighted by atomic mass is 32.2. The summed E-state index contributed by atoms with van der Waals surface area (Å²) >= 11 is 1.19. The topological polar surface area (TPSA) is 56.1 Å².